The van der Waals surface area contributed by atoms with Crippen molar-refractivity contribution in [3.63, 3.8) is 0 Å². The number of hydrogen-bond donors (Lipinski definition) is 1. The molecule has 1 aromatic rings. The van der Waals surface area contributed by atoms with Crippen LogP contribution in [0.1, 0.15) is 5.69 Å². The molecule has 16 heavy (non-hydrogen) atoms. The van der Waals surface area contributed by atoms with Gasteiger partial charge >= 0.3 is 0 Å². The van der Waals surface area contributed by atoms with Gasteiger partial charge in [-0.15, -0.1) is 5.10 Å². The first-order chi connectivity index (χ1) is 7.84. The molecule has 2 rings (SSSR count). The Morgan fingerprint density at radius 2 is 2.25 bits per heavy atom. The molecule has 1 aliphatic heterocycles. The molecule has 90 valence electrons. The van der Waals surface area contributed by atoms with E-state index in [2.05, 4.69) is 20.5 Å². The zero-order chi connectivity index (χ0) is 11.2. The van der Waals surface area contributed by atoms with Gasteiger partial charge in [-0.05, 0) is 0 Å². The predicted molar refractivity (Wildman–Crippen MR) is 60.0 cm³/mol. The minimum atomic E-state index is 0.790. The third-order valence-corrected chi connectivity index (χ3v) is 2.66. The van der Waals surface area contributed by atoms with Crippen LogP contribution in [-0.4, -0.2) is 59.3 Å². The summed E-state index contributed by atoms with van der Waals surface area (Å²) >= 11 is 0. The van der Waals surface area contributed by atoms with Gasteiger partial charge < -0.3 is 10.1 Å². The van der Waals surface area contributed by atoms with Crippen molar-refractivity contribution in [3.05, 3.63) is 11.9 Å². The fourth-order valence-electron chi connectivity index (χ4n) is 1.75. The van der Waals surface area contributed by atoms with E-state index in [1.54, 1.807) is 4.68 Å². The smallest absolute Gasteiger partial charge is 0.0964 e. The number of hydrogen-bond acceptors (Lipinski definition) is 5. The number of aryl methyl sites for hydroxylation is 1. The molecule has 1 aromatic heterocycles. The van der Waals surface area contributed by atoms with Crippen molar-refractivity contribution in [2.75, 3.05) is 39.4 Å². The van der Waals surface area contributed by atoms with E-state index in [1.807, 2.05) is 13.2 Å². The van der Waals surface area contributed by atoms with E-state index in [0.29, 0.717) is 0 Å². The van der Waals surface area contributed by atoms with E-state index < -0.39 is 0 Å². The molecule has 0 saturated carbocycles. The van der Waals surface area contributed by atoms with E-state index in [0.717, 1.165) is 51.6 Å². The molecule has 6 nitrogen and oxygen atoms in total. The highest BCUT2D eigenvalue weighted by atomic mass is 16.5. The van der Waals surface area contributed by atoms with Crippen LogP contribution in [0.2, 0.25) is 0 Å². The van der Waals surface area contributed by atoms with Crippen molar-refractivity contribution in [1.29, 1.82) is 0 Å². The highest BCUT2D eigenvalue weighted by Gasteiger charge is 2.08. The Bertz CT molecular complexity index is 308. The Morgan fingerprint density at radius 1 is 1.44 bits per heavy atom. The predicted octanol–water partition coefficient (Wildman–Crippen LogP) is -0.763. The maximum Gasteiger partial charge on any atom is 0.0964 e. The standard InChI is InChI=1S/C10H19N5O/c1-14-9-10(12-13-14)8-11-2-3-15-4-6-16-7-5-15/h9,11H,2-8H2,1H3. The highest BCUT2D eigenvalue weighted by Crippen LogP contribution is 1.95. The van der Waals surface area contributed by atoms with Crippen molar-refractivity contribution in [1.82, 2.24) is 25.2 Å². The second-order valence-electron chi connectivity index (χ2n) is 4.01. The summed E-state index contributed by atoms with van der Waals surface area (Å²) < 4.78 is 7.02. The van der Waals surface area contributed by atoms with E-state index >= 15 is 0 Å². The van der Waals surface area contributed by atoms with Gasteiger partial charge in [0.05, 0.1) is 18.9 Å². The highest BCUT2D eigenvalue weighted by molar-refractivity contribution is 4.90. The normalized spacial score (nSPS) is 17.8. The fourth-order valence-corrected chi connectivity index (χ4v) is 1.75. The SMILES string of the molecule is Cn1cc(CNCCN2CCOCC2)nn1. The molecule has 0 aliphatic carbocycles. The molecular weight excluding hydrogens is 206 g/mol. The summed E-state index contributed by atoms with van der Waals surface area (Å²) in [6, 6.07) is 0. The van der Waals surface area contributed by atoms with Crippen LogP contribution in [0.15, 0.2) is 6.20 Å². The Morgan fingerprint density at radius 3 is 2.94 bits per heavy atom. The van der Waals surface area contributed by atoms with Crippen molar-refractivity contribution in [2.45, 2.75) is 6.54 Å². The molecule has 0 spiro atoms. The van der Waals surface area contributed by atoms with E-state index in [9.17, 15) is 0 Å². The van der Waals surface area contributed by atoms with Crippen LogP contribution >= 0.6 is 0 Å². The van der Waals surface area contributed by atoms with Gasteiger partial charge in [0.1, 0.15) is 0 Å². The molecule has 1 N–H and O–H groups in total. The van der Waals surface area contributed by atoms with Crippen LogP contribution in [0.5, 0.6) is 0 Å². The van der Waals surface area contributed by atoms with Gasteiger partial charge in [0.15, 0.2) is 0 Å². The number of nitrogens with one attached hydrogen (secondary N) is 1. The summed E-state index contributed by atoms with van der Waals surface area (Å²) in [5.41, 5.74) is 0.990. The maximum absolute atomic E-state index is 5.29. The molecule has 0 radical (unpaired) electrons. The lowest BCUT2D eigenvalue weighted by Gasteiger charge is -2.26. The number of nitrogens with zero attached hydrogens (tertiary/aromatic N) is 4. The van der Waals surface area contributed by atoms with Crippen LogP contribution < -0.4 is 5.32 Å². The average Bonchev–Trinajstić information content (AvgIpc) is 2.72. The van der Waals surface area contributed by atoms with Crippen LogP contribution in [0.3, 0.4) is 0 Å². The monoisotopic (exact) mass is 225 g/mol. The Kier molecular flexibility index (Phi) is 4.26. The van der Waals surface area contributed by atoms with Crippen molar-refractivity contribution < 1.29 is 4.74 Å². The second-order valence-corrected chi connectivity index (χ2v) is 4.01. The van der Waals surface area contributed by atoms with Crippen molar-refractivity contribution in [3.8, 4) is 0 Å². The molecule has 1 aliphatic rings. The van der Waals surface area contributed by atoms with E-state index in [1.165, 1.54) is 0 Å². The van der Waals surface area contributed by atoms with Crippen LogP contribution in [0, 0.1) is 0 Å². The van der Waals surface area contributed by atoms with Gasteiger partial charge in [-0.25, -0.2) is 0 Å². The lowest BCUT2D eigenvalue weighted by atomic mass is 10.4. The largest absolute Gasteiger partial charge is 0.379 e. The molecule has 1 saturated heterocycles. The first-order valence-electron chi connectivity index (χ1n) is 5.70. The van der Waals surface area contributed by atoms with E-state index in [4.69, 9.17) is 4.74 Å². The number of aromatic nitrogens is 3. The van der Waals surface area contributed by atoms with Crippen LogP contribution in [-0.2, 0) is 18.3 Å². The van der Waals surface area contributed by atoms with Gasteiger partial charge in [-0.2, -0.15) is 0 Å². The number of ether oxygens (including phenoxy) is 1. The molecule has 0 unspecified atom stereocenters. The fraction of sp³-hybridized carbons (Fsp3) is 0.800. The molecular formula is C10H19N5O. The van der Waals surface area contributed by atoms with E-state index in [-0.39, 0.29) is 0 Å². The Labute approximate surface area is 95.6 Å². The summed E-state index contributed by atoms with van der Waals surface area (Å²) in [6.45, 7) is 6.67. The summed E-state index contributed by atoms with van der Waals surface area (Å²) in [5, 5.41) is 11.3. The van der Waals surface area contributed by atoms with Crippen LogP contribution in [0.4, 0.5) is 0 Å². The number of rotatable bonds is 5. The summed E-state index contributed by atoms with van der Waals surface area (Å²) in [5.74, 6) is 0. The second kappa shape index (κ2) is 5.93. The molecule has 0 amide bonds. The molecule has 0 atom stereocenters. The van der Waals surface area contributed by atoms with Crippen molar-refractivity contribution in [2.24, 2.45) is 7.05 Å². The van der Waals surface area contributed by atoms with Gasteiger partial charge in [0, 0.05) is 46.0 Å². The summed E-state index contributed by atoms with van der Waals surface area (Å²) in [7, 11) is 1.88. The quantitative estimate of drug-likeness (QED) is 0.667. The van der Waals surface area contributed by atoms with Crippen LogP contribution in [0.25, 0.3) is 0 Å². The van der Waals surface area contributed by atoms with Gasteiger partial charge in [-0.1, -0.05) is 5.21 Å². The first-order valence-corrected chi connectivity index (χ1v) is 5.70. The first kappa shape index (κ1) is 11.5. The lowest BCUT2D eigenvalue weighted by molar-refractivity contribution is 0.0384. The van der Waals surface area contributed by atoms with Gasteiger partial charge in [-0.3, -0.25) is 9.58 Å². The maximum atomic E-state index is 5.29. The zero-order valence-electron chi connectivity index (χ0n) is 9.72. The third-order valence-electron chi connectivity index (χ3n) is 2.66. The minimum absolute atomic E-state index is 0.790. The zero-order valence-corrected chi connectivity index (χ0v) is 9.72. The molecule has 2 heterocycles. The Balaban J connectivity index is 1.57. The average molecular weight is 225 g/mol. The van der Waals surface area contributed by atoms with Crippen molar-refractivity contribution >= 4 is 0 Å². The van der Waals surface area contributed by atoms with Gasteiger partial charge in [0.2, 0.25) is 0 Å². The molecule has 0 bridgehead atoms. The third kappa shape index (κ3) is 3.55. The molecule has 6 heteroatoms. The topological polar surface area (TPSA) is 55.2 Å². The molecule has 1 fully saturated rings. The van der Waals surface area contributed by atoms with Gasteiger partial charge in [0.25, 0.3) is 0 Å². The Hall–Kier alpha value is -0.980. The number of morpholine rings is 1. The minimum Gasteiger partial charge on any atom is -0.379 e. The molecule has 0 aromatic carbocycles. The lowest BCUT2D eigenvalue weighted by Crippen LogP contribution is -2.40. The summed E-state index contributed by atoms with van der Waals surface area (Å²) in [6.07, 6.45) is 1.93. The summed E-state index contributed by atoms with van der Waals surface area (Å²) in [4.78, 5) is 2.41.